The Labute approximate surface area is 134 Å². The molecule has 0 unspecified atom stereocenters. The SMILES string of the molecule is C[N+]12CC(=O)O[B-]1(/C(I)=C(\F)c1ccccc1)OC(=O)C2. The average Bonchev–Trinajstić information content (AvgIpc) is 2.82. The van der Waals surface area contributed by atoms with E-state index in [0.29, 0.717) is 5.56 Å². The van der Waals surface area contributed by atoms with Gasteiger partial charge in [-0.15, -0.1) is 0 Å². The molecule has 8 heteroatoms. The van der Waals surface area contributed by atoms with E-state index < -0.39 is 24.5 Å². The molecule has 0 spiro atoms. The fourth-order valence-corrected chi connectivity index (χ4v) is 4.09. The van der Waals surface area contributed by atoms with Crippen LogP contribution in [0.5, 0.6) is 0 Å². The van der Waals surface area contributed by atoms with Crippen LogP contribution in [-0.2, 0) is 18.9 Å². The highest BCUT2D eigenvalue weighted by atomic mass is 127. The van der Waals surface area contributed by atoms with Crippen LogP contribution in [0.25, 0.3) is 5.83 Å². The molecule has 2 aliphatic rings. The molecule has 5 nitrogen and oxygen atoms in total. The van der Waals surface area contributed by atoms with Gasteiger partial charge in [0.1, 0.15) is 18.9 Å². The fraction of sp³-hybridized carbons (Fsp3) is 0.231. The first-order chi connectivity index (χ1) is 9.88. The maximum absolute atomic E-state index is 14.7. The van der Waals surface area contributed by atoms with E-state index >= 15 is 0 Å². The van der Waals surface area contributed by atoms with Crippen molar-refractivity contribution in [2.24, 2.45) is 0 Å². The number of benzene rings is 1. The lowest BCUT2D eigenvalue weighted by Gasteiger charge is -2.39. The first-order valence-corrected chi connectivity index (χ1v) is 7.49. The van der Waals surface area contributed by atoms with Crippen molar-refractivity contribution in [3.8, 4) is 0 Å². The molecule has 1 aromatic carbocycles. The van der Waals surface area contributed by atoms with Gasteiger partial charge in [-0.1, -0.05) is 52.9 Å². The van der Waals surface area contributed by atoms with E-state index in [0.717, 1.165) is 0 Å². The number of likely N-dealkylation sites (N-methyl/N-ethyl adjacent to an activating group) is 1. The van der Waals surface area contributed by atoms with Crippen molar-refractivity contribution in [3.05, 3.63) is 39.4 Å². The van der Waals surface area contributed by atoms with Gasteiger partial charge in [-0.2, -0.15) is 0 Å². The molecular weight excluding hydrogens is 391 g/mol. The molecule has 2 fully saturated rings. The minimum atomic E-state index is -2.50. The van der Waals surface area contributed by atoms with Crippen LogP contribution in [0.1, 0.15) is 5.56 Å². The van der Waals surface area contributed by atoms with Gasteiger partial charge in [0.05, 0.1) is 0 Å². The number of hydrogen-bond acceptors (Lipinski definition) is 4. The molecule has 0 amide bonds. The van der Waals surface area contributed by atoms with E-state index in [1.807, 2.05) is 0 Å². The van der Waals surface area contributed by atoms with Gasteiger partial charge in [0.15, 0.2) is 0 Å². The van der Waals surface area contributed by atoms with E-state index in [1.165, 1.54) is 0 Å². The summed E-state index contributed by atoms with van der Waals surface area (Å²) in [5.74, 6) is -1.51. The normalized spacial score (nSPS) is 32.3. The lowest BCUT2D eigenvalue weighted by Crippen LogP contribution is -2.60. The van der Waals surface area contributed by atoms with Crippen molar-refractivity contribution in [1.29, 1.82) is 0 Å². The largest absolute Gasteiger partial charge is 0.623 e. The lowest BCUT2D eigenvalue weighted by atomic mass is 9.67. The third-order valence-electron chi connectivity index (χ3n) is 3.94. The summed E-state index contributed by atoms with van der Waals surface area (Å²) in [4.78, 5) is 23.4. The van der Waals surface area contributed by atoms with Crippen LogP contribution in [0.4, 0.5) is 4.39 Å². The molecule has 2 saturated heterocycles. The van der Waals surface area contributed by atoms with Gasteiger partial charge in [-0.3, -0.25) is 9.59 Å². The van der Waals surface area contributed by atoms with Crippen molar-refractivity contribution in [1.82, 2.24) is 0 Å². The second kappa shape index (κ2) is 4.80. The molecule has 2 aliphatic heterocycles. The summed E-state index contributed by atoms with van der Waals surface area (Å²) in [5.41, 5.74) is 0.357. The van der Waals surface area contributed by atoms with Gasteiger partial charge < -0.3 is 13.7 Å². The smallest absolute Gasteiger partial charge is 0.596 e. The summed E-state index contributed by atoms with van der Waals surface area (Å²) in [7, 11) is 1.67. The summed E-state index contributed by atoms with van der Waals surface area (Å²) in [6.45, 7) is -2.50. The molecule has 110 valence electrons. The van der Waals surface area contributed by atoms with Gasteiger partial charge in [0.2, 0.25) is 0 Å². The first-order valence-electron chi connectivity index (χ1n) is 6.41. The van der Waals surface area contributed by atoms with E-state index in [9.17, 15) is 14.0 Å². The molecule has 21 heavy (non-hydrogen) atoms. The molecule has 0 aromatic heterocycles. The maximum atomic E-state index is 14.7. The van der Waals surface area contributed by atoms with E-state index in [4.69, 9.17) is 9.31 Å². The highest BCUT2D eigenvalue weighted by molar-refractivity contribution is 14.1. The molecule has 0 radical (unpaired) electrons. The molecule has 0 aliphatic carbocycles. The van der Waals surface area contributed by atoms with Crippen LogP contribution >= 0.6 is 22.6 Å². The van der Waals surface area contributed by atoms with Crippen LogP contribution in [0, 0.1) is 0 Å². The summed E-state index contributed by atoms with van der Waals surface area (Å²) in [6, 6.07) is 8.41. The van der Waals surface area contributed by atoms with Crippen LogP contribution < -0.4 is 0 Å². The lowest BCUT2D eigenvalue weighted by molar-refractivity contribution is -0.791. The number of carbonyl (C=O) groups excluding carboxylic acids is 2. The third-order valence-corrected chi connectivity index (χ3v) is 5.20. The van der Waals surface area contributed by atoms with Gasteiger partial charge in [0.25, 0.3) is 0 Å². The summed E-state index contributed by atoms with van der Waals surface area (Å²) in [6.07, 6.45) is 0. The Morgan fingerprint density at radius 3 is 2.24 bits per heavy atom. The average molecular weight is 403 g/mol. The molecule has 0 N–H and O–H groups in total. The van der Waals surface area contributed by atoms with E-state index in [-0.39, 0.29) is 21.0 Å². The Morgan fingerprint density at radius 2 is 1.71 bits per heavy atom. The molecule has 3 rings (SSSR count). The van der Waals surface area contributed by atoms with Gasteiger partial charge >= 0.3 is 18.6 Å². The number of nitrogens with zero attached hydrogens (tertiary/aromatic N) is 1. The van der Waals surface area contributed by atoms with Gasteiger partial charge in [-0.05, 0) is 0 Å². The Balaban J connectivity index is 2.13. The number of rotatable bonds is 2. The topological polar surface area (TPSA) is 52.6 Å². The minimum absolute atomic E-state index is 0.000309. The van der Waals surface area contributed by atoms with Crippen LogP contribution in [0.2, 0.25) is 0 Å². The Bertz CT molecular complexity index is 643. The molecule has 0 saturated carbocycles. The van der Waals surface area contributed by atoms with Crippen LogP contribution in [0.3, 0.4) is 0 Å². The van der Waals surface area contributed by atoms with Crippen molar-refractivity contribution < 1.29 is 27.7 Å². The predicted octanol–water partition coefficient (Wildman–Crippen LogP) is 1.80. The van der Waals surface area contributed by atoms with Crippen molar-refractivity contribution in [2.45, 2.75) is 0 Å². The monoisotopic (exact) mass is 403 g/mol. The van der Waals surface area contributed by atoms with Crippen LogP contribution in [-0.4, -0.2) is 43.2 Å². The van der Waals surface area contributed by atoms with Gasteiger partial charge in [-0.25, -0.2) is 4.39 Å². The first kappa shape index (κ1) is 14.5. The molecule has 0 bridgehead atoms. The zero-order chi connectivity index (χ0) is 15.3. The molecule has 0 atom stereocenters. The number of hydrogen-bond donors (Lipinski definition) is 0. The number of fused-ring (bicyclic) bond motifs is 1. The Morgan fingerprint density at radius 1 is 1.19 bits per heavy atom. The number of halogens is 2. The highest BCUT2D eigenvalue weighted by Gasteiger charge is 2.67. The zero-order valence-corrected chi connectivity index (χ0v) is 13.4. The quantitative estimate of drug-likeness (QED) is 0.559. The summed E-state index contributed by atoms with van der Waals surface area (Å²) < 4.78 is 25.4. The molecule has 1 aromatic rings. The second-order valence-electron chi connectivity index (χ2n) is 5.48. The standard InChI is InChI=1S/C13H12BFINO4/c1-17-7-10(18)20-14(17,21-11(19)8-17)13(16)12(15)9-5-3-2-4-6-9/h2-6H,7-8H2,1H3/b13-12+. The summed E-state index contributed by atoms with van der Waals surface area (Å²) >= 11 is 1.77. The van der Waals surface area contributed by atoms with Gasteiger partial charge in [0, 0.05) is 16.1 Å². The van der Waals surface area contributed by atoms with Crippen molar-refractivity contribution in [3.63, 3.8) is 0 Å². The van der Waals surface area contributed by atoms with Crippen LogP contribution in [0.15, 0.2) is 33.8 Å². The van der Waals surface area contributed by atoms with Crippen molar-refractivity contribution >= 4 is 47.0 Å². The Hall–Kier alpha value is -1.42. The fourth-order valence-electron chi connectivity index (χ4n) is 2.86. The number of quaternary nitrogens is 1. The van der Waals surface area contributed by atoms with E-state index in [2.05, 4.69) is 0 Å². The van der Waals surface area contributed by atoms with Crippen molar-refractivity contribution in [2.75, 3.05) is 20.1 Å². The summed E-state index contributed by atoms with van der Waals surface area (Å²) in [5, 5.41) is 0. The second-order valence-corrected chi connectivity index (χ2v) is 6.64. The predicted molar refractivity (Wildman–Crippen MR) is 82.3 cm³/mol. The van der Waals surface area contributed by atoms with E-state index in [1.54, 1.807) is 60.0 Å². The maximum Gasteiger partial charge on any atom is 0.623 e. The third kappa shape index (κ3) is 2.08. The Kier molecular flexibility index (Phi) is 3.32. The molecule has 2 heterocycles. The minimum Gasteiger partial charge on any atom is -0.596 e. The highest BCUT2D eigenvalue weighted by Crippen LogP contribution is 2.44. The number of carbonyl (C=O) groups is 2. The molecular formula is C13H12BFINO4. The zero-order valence-electron chi connectivity index (χ0n) is 11.2.